The van der Waals surface area contributed by atoms with Crippen LogP contribution in [0.4, 0.5) is 0 Å². The third kappa shape index (κ3) is 2.78. The van der Waals surface area contributed by atoms with Gasteiger partial charge in [0.25, 0.3) is 0 Å². The number of Topliss-reactive ketones (excluding diaryl/α,β-unsaturated/α-hetero) is 1. The molecule has 0 aliphatic heterocycles. The number of nitrogens with zero attached hydrogens (tertiary/aromatic N) is 1. The predicted octanol–water partition coefficient (Wildman–Crippen LogP) is 4.62. The number of nitriles is 1. The maximum Gasteiger partial charge on any atom is 0.194 e. The zero-order chi connectivity index (χ0) is 14.0. The summed E-state index contributed by atoms with van der Waals surface area (Å²) in [6, 6.07) is 11.5. The number of halogens is 1. The summed E-state index contributed by atoms with van der Waals surface area (Å²) < 4.78 is 0.942. The fourth-order valence-corrected chi connectivity index (χ4v) is 3.41. The lowest BCUT2D eigenvalue weighted by molar-refractivity contribution is 0.0982. The van der Waals surface area contributed by atoms with Crippen LogP contribution in [0.25, 0.3) is 0 Å². The molecular weight excluding hydrogens is 322 g/mol. The van der Waals surface area contributed by atoms with Gasteiger partial charge in [-0.1, -0.05) is 24.3 Å². The Hall–Kier alpha value is -1.44. The number of hydrogen-bond donors (Lipinski definition) is 0. The van der Waals surface area contributed by atoms with Crippen molar-refractivity contribution < 1.29 is 4.79 Å². The summed E-state index contributed by atoms with van der Waals surface area (Å²) >= 11 is 4.79. The molecule has 0 N–H and O–H groups in total. The lowest BCUT2D eigenvalue weighted by Crippen LogP contribution is -2.11. The first kappa shape index (κ1) is 14.0. The quantitative estimate of drug-likeness (QED) is 0.769. The van der Waals surface area contributed by atoms with Gasteiger partial charge in [0.15, 0.2) is 5.78 Å². The maximum absolute atomic E-state index is 12.5. The summed E-state index contributed by atoms with van der Waals surface area (Å²) in [5.74, 6) is -0.859. The zero-order valence-electron chi connectivity index (χ0n) is 10.6. The van der Waals surface area contributed by atoms with Crippen LogP contribution in [0, 0.1) is 25.2 Å². The monoisotopic (exact) mass is 333 g/mol. The van der Waals surface area contributed by atoms with Crippen LogP contribution in [-0.4, -0.2) is 5.78 Å². The van der Waals surface area contributed by atoms with E-state index in [0.29, 0.717) is 4.88 Å². The highest BCUT2D eigenvalue weighted by molar-refractivity contribution is 9.11. The molecule has 96 valence electrons. The van der Waals surface area contributed by atoms with Gasteiger partial charge in [0, 0.05) is 0 Å². The standard InChI is InChI=1S/C15H12BrNOS/c1-9-5-3-4-6-11(9)12(8-17)14(18)13-7-10(2)15(16)19-13/h3-7,12H,1-2H3. The fraction of sp³-hybridized carbons (Fsp3) is 0.200. The van der Waals surface area contributed by atoms with E-state index in [1.807, 2.05) is 44.2 Å². The molecule has 1 heterocycles. The first-order valence-corrected chi connectivity index (χ1v) is 7.41. The van der Waals surface area contributed by atoms with Crippen LogP contribution in [0.5, 0.6) is 0 Å². The Kier molecular flexibility index (Phi) is 4.18. The Morgan fingerprint density at radius 3 is 2.53 bits per heavy atom. The van der Waals surface area contributed by atoms with Gasteiger partial charge in [0.2, 0.25) is 0 Å². The molecule has 0 fully saturated rings. The van der Waals surface area contributed by atoms with E-state index in [1.165, 1.54) is 11.3 Å². The number of carbonyl (C=O) groups is 1. The number of carbonyl (C=O) groups excluding carboxylic acids is 1. The van der Waals surface area contributed by atoms with Crippen molar-refractivity contribution in [3.8, 4) is 6.07 Å². The number of thiophene rings is 1. The molecule has 1 aromatic carbocycles. The summed E-state index contributed by atoms with van der Waals surface area (Å²) in [4.78, 5) is 13.1. The van der Waals surface area contributed by atoms with Gasteiger partial charge < -0.3 is 0 Å². The number of aryl methyl sites for hydroxylation is 2. The predicted molar refractivity (Wildman–Crippen MR) is 80.6 cm³/mol. The first-order valence-electron chi connectivity index (χ1n) is 5.80. The van der Waals surface area contributed by atoms with Gasteiger partial charge in [-0.2, -0.15) is 5.26 Å². The average molecular weight is 334 g/mol. The molecule has 0 amide bonds. The molecular formula is C15H12BrNOS. The summed E-state index contributed by atoms with van der Waals surface area (Å²) in [6.07, 6.45) is 0. The third-order valence-electron chi connectivity index (χ3n) is 2.99. The summed E-state index contributed by atoms with van der Waals surface area (Å²) in [5, 5.41) is 9.33. The van der Waals surface area contributed by atoms with Crippen LogP contribution >= 0.6 is 27.3 Å². The normalized spacial score (nSPS) is 11.9. The number of hydrogen-bond acceptors (Lipinski definition) is 3. The van der Waals surface area contributed by atoms with Crippen molar-refractivity contribution in [1.82, 2.24) is 0 Å². The van der Waals surface area contributed by atoms with Crippen molar-refractivity contribution in [2.75, 3.05) is 0 Å². The van der Waals surface area contributed by atoms with Gasteiger partial charge in [-0.25, -0.2) is 0 Å². The number of ketones is 1. The fourth-order valence-electron chi connectivity index (χ4n) is 1.90. The van der Waals surface area contributed by atoms with Crippen molar-refractivity contribution >= 4 is 33.0 Å². The number of rotatable bonds is 3. The molecule has 2 aromatic rings. The highest BCUT2D eigenvalue weighted by Gasteiger charge is 2.24. The van der Waals surface area contributed by atoms with E-state index in [9.17, 15) is 10.1 Å². The molecule has 0 spiro atoms. The summed E-state index contributed by atoms with van der Waals surface area (Å²) in [6.45, 7) is 3.86. The van der Waals surface area contributed by atoms with Crippen LogP contribution < -0.4 is 0 Å². The molecule has 0 saturated heterocycles. The molecule has 2 nitrogen and oxygen atoms in total. The smallest absolute Gasteiger partial charge is 0.194 e. The SMILES string of the molecule is Cc1ccccc1C(C#N)C(=O)c1cc(C)c(Br)s1. The topological polar surface area (TPSA) is 40.9 Å². The lowest BCUT2D eigenvalue weighted by Gasteiger charge is -2.10. The Bertz CT molecular complexity index is 650. The summed E-state index contributed by atoms with van der Waals surface area (Å²) in [5.41, 5.74) is 2.78. The molecule has 0 radical (unpaired) electrons. The highest BCUT2D eigenvalue weighted by atomic mass is 79.9. The Morgan fingerprint density at radius 2 is 2.00 bits per heavy atom. The Labute approximate surface area is 124 Å². The first-order chi connectivity index (χ1) is 9.04. The van der Waals surface area contributed by atoms with Gasteiger partial charge >= 0.3 is 0 Å². The molecule has 1 unspecified atom stereocenters. The maximum atomic E-state index is 12.5. The van der Waals surface area contributed by atoms with Crippen molar-refractivity contribution in [3.05, 3.63) is 55.7 Å². The van der Waals surface area contributed by atoms with Crippen LogP contribution in [0.1, 0.15) is 32.3 Å². The van der Waals surface area contributed by atoms with Gasteiger partial charge in [0.1, 0.15) is 5.92 Å². The molecule has 2 rings (SSSR count). The molecule has 19 heavy (non-hydrogen) atoms. The average Bonchev–Trinajstić information content (AvgIpc) is 2.73. The third-order valence-corrected chi connectivity index (χ3v) is 5.14. The van der Waals surface area contributed by atoms with E-state index in [2.05, 4.69) is 22.0 Å². The van der Waals surface area contributed by atoms with E-state index in [0.717, 1.165) is 20.5 Å². The van der Waals surface area contributed by atoms with Gasteiger partial charge in [0.05, 0.1) is 14.7 Å². The number of benzene rings is 1. The molecule has 0 saturated carbocycles. The van der Waals surface area contributed by atoms with Crippen LogP contribution in [0.2, 0.25) is 0 Å². The summed E-state index contributed by atoms with van der Waals surface area (Å²) in [7, 11) is 0. The highest BCUT2D eigenvalue weighted by Crippen LogP contribution is 2.31. The van der Waals surface area contributed by atoms with Crippen LogP contribution in [0.3, 0.4) is 0 Å². The van der Waals surface area contributed by atoms with Crippen LogP contribution in [-0.2, 0) is 0 Å². The molecule has 4 heteroatoms. The van der Waals surface area contributed by atoms with Gasteiger partial charge in [-0.3, -0.25) is 4.79 Å². The molecule has 0 aliphatic carbocycles. The van der Waals surface area contributed by atoms with E-state index in [4.69, 9.17) is 0 Å². The van der Waals surface area contributed by atoms with Gasteiger partial charge in [-0.15, -0.1) is 11.3 Å². The van der Waals surface area contributed by atoms with Crippen molar-refractivity contribution in [2.45, 2.75) is 19.8 Å². The van der Waals surface area contributed by atoms with E-state index in [-0.39, 0.29) is 5.78 Å². The van der Waals surface area contributed by atoms with Crippen molar-refractivity contribution in [1.29, 1.82) is 5.26 Å². The Morgan fingerprint density at radius 1 is 1.32 bits per heavy atom. The minimum Gasteiger partial charge on any atom is -0.291 e. The molecule has 0 bridgehead atoms. The molecule has 1 atom stereocenters. The van der Waals surface area contributed by atoms with Gasteiger partial charge in [-0.05, 0) is 52.5 Å². The second-order valence-electron chi connectivity index (χ2n) is 4.35. The second-order valence-corrected chi connectivity index (χ2v) is 6.72. The van der Waals surface area contributed by atoms with Crippen molar-refractivity contribution in [2.24, 2.45) is 0 Å². The van der Waals surface area contributed by atoms with E-state index >= 15 is 0 Å². The van der Waals surface area contributed by atoms with Crippen LogP contribution in [0.15, 0.2) is 34.1 Å². The van der Waals surface area contributed by atoms with E-state index in [1.54, 1.807) is 0 Å². The zero-order valence-corrected chi connectivity index (χ0v) is 13.0. The minimum absolute atomic E-state index is 0.129. The van der Waals surface area contributed by atoms with E-state index < -0.39 is 5.92 Å². The Balaban J connectivity index is 2.41. The minimum atomic E-state index is -0.730. The lowest BCUT2D eigenvalue weighted by atomic mass is 9.92. The molecule has 0 aliphatic rings. The van der Waals surface area contributed by atoms with Crippen molar-refractivity contribution in [3.63, 3.8) is 0 Å². The largest absolute Gasteiger partial charge is 0.291 e. The molecule has 1 aromatic heterocycles. The second kappa shape index (κ2) is 5.68.